The van der Waals surface area contributed by atoms with E-state index < -0.39 is 0 Å². The zero-order chi connectivity index (χ0) is 8.58. The first-order valence-electron chi connectivity index (χ1n) is 5.98. The Balaban J connectivity index is 1.75. The van der Waals surface area contributed by atoms with Gasteiger partial charge in [-0.3, -0.25) is 0 Å². The van der Waals surface area contributed by atoms with E-state index in [1.54, 1.807) is 32.1 Å². The lowest BCUT2D eigenvalue weighted by molar-refractivity contribution is 0.153. The second-order valence-corrected chi connectivity index (χ2v) is 7.50. The standard InChI is InChI=1S/C12H17I/c13-10-5-8-4-9(10)12-7-2-1-6(3-7)11(8)12/h6-12H,1-5H2. The van der Waals surface area contributed by atoms with E-state index >= 15 is 0 Å². The van der Waals surface area contributed by atoms with Crippen molar-refractivity contribution in [2.24, 2.45) is 35.5 Å². The maximum Gasteiger partial charge on any atom is 0.0144 e. The summed E-state index contributed by atoms with van der Waals surface area (Å²) in [5.41, 5.74) is 0. The van der Waals surface area contributed by atoms with Crippen LogP contribution in [-0.4, -0.2) is 3.92 Å². The number of rotatable bonds is 0. The Hall–Kier alpha value is 0.730. The van der Waals surface area contributed by atoms with E-state index in [-0.39, 0.29) is 0 Å². The van der Waals surface area contributed by atoms with Crippen molar-refractivity contribution in [2.75, 3.05) is 0 Å². The molecule has 72 valence electrons. The zero-order valence-electron chi connectivity index (χ0n) is 7.95. The second-order valence-electron chi connectivity index (χ2n) is 5.90. The molecule has 0 amide bonds. The largest absolute Gasteiger partial charge is 0.0823 e. The number of hydrogen-bond donors (Lipinski definition) is 0. The molecule has 0 spiro atoms. The summed E-state index contributed by atoms with van der Waals surface area (Å²) in [7, 11) is 0. The Kier molecular flexibility index (Phi) is 1.50. The SMILES string of the molecule is IC1CC2CC1C1C3CCC(C3)C21. The van der Waals surface area contributed by atoms with E-state index in [0.29, 0.717) is 0 Å². The van der Waals surface area contributed by atoms with Crippen LogP contribution in [0.2, 0.25) is 0 Å². The first-order valence-corrected chi connectivity index (χ1v) is 7.23. The summed E-state index contributed by atoms with van der Waals surface area (Å²) in [6, 6.07) is 0. The van der Waals surface area contributed by atoms with Gasteiger partial charge in [-0.15, -0.1) is 0 Å². The molecule has 4 rings (SSSR count). The van der Waals surface area contributed by atoms with Crippen molar-refractivity contribution >= 4 is 22.6 Å². The predicted octanol–water partition coefficient (Wildman–Crippen LogP) is 3.49. The highest BCUT2D eigenvalue weighted by Gasteiger charge is 2.61. The topological polar surface area (TPSA) is 0 Å². The van der Waals surface area contributed by atoms with E-state index in [0.717, 1.165) is 9.84 Å². The van der Waals surface area contributed by atoms with Crippen LogP contribution < -0.4 is 0 Å². The summed E-state index contributed by atoms with van der Waals surface area (Å²) in [5.74, 6) is 7.13. The van der Waals surface area contributed by atoms with Gasteiger partial charge in [-0.2, -0.15) is 0 Å². The third-order valence-corrected chi connectivity index (χ3v) is 7.09. The minimum absolute atomic E-state index is 1.06. The monoisotopic (exact) mass is 288 g/mol. The highest BCUT2D eigenvalue weighted by atomic mass is 127. The maximum absolute atomic E-state index is 2.74. The van der Waals surface area contributed by atoms with Gasteiger partial charge in [0.25, 0.3) is 0 Å². The summed E-state index contributed by atoms with van der Waals surface area (Å²) >= 11 is 2.74. The molecule has 0 aromatic rings. The molecule has 0 N–H and O–H groups in total. The second kappa shape index (κ2) is 2.45. The van der Waals surface area contributed by atoms with Gasteiger partial charge >= 0.3 is 0 Å². The van der Waals surface area contributed by atoms with Crippen molar-refractivity contribution in [3.63, 3.8) is 0 Å². The molecule has 4 bridgehead atoms. The number of fused-ring (bicyclic) bond motifs is 9. The lowest BCUT2D eigenvalue weighted by atomic mass is 9.71. The summed E-state index contributed by atoms with van der Waals surface area (Å²) in [5, 5.41) is 0. The molecule has 4 saturated carbocycles. The van der Waals surface area contributed by atoms with Crippen LogP contribution in [0, 0.1) is 35.5 Å². The Morgan fingerprint density at radius 1 is 0.769 bits per heavy atom. The molecule has 4 aliphatic carbocycles. The maximum atomic E-state index is 2.74. The molecule has 7 unspecified atom stereocenters. The fraction of sp³-hybridized carbons (Fsp3) is 1.00. The van der Waals surface area contributed by atoms with Gasteiger partial charge in [-0.1, -0.05) is 22.6 Å². The Labute approximate surface area is 94.0 Å². The van der Waals surface area contributed by atoms with Crippen molar-refractivity contribution in [3.05, 3.63) is 0 Å². The zero-order valence-corrected chi connectivity index (χ0v) is 10.1. The van der Waals surface area contributed by atoms with Gasteiger partial charge in [0.2, 0.25) is 0 Å². The first-order chi connectivity index (χ1) is 6.34. The summed E-state index contributed by atoms with van der Waals surface area (Å²) < 4.78 is 1.06. The normalized spacial score (nSPS) is 67.6. The van der Waals surface area contributed by atoms with Gasteiger partial charge in [0.05, 0.1) is 0 Å². The molecule has 0 aromatic carbocycles. The smallest absolute Gasteiger partial charge is 0.0144 e. The highest BCUT2D eigenvalue weighted by molar-refractivity contribution is 14.1. The van der Waals surface area contributed by atoms with Crippen molar-refractivity contribution in [3.8, 4) is 0 Å². The van der Waals surface area contributed by atoms with Crippen molar-refractivity contribution in [1.82, 2.24) is 0 Å². The molecule has 4 aliphatic rings. The molecule has 0 heterocycles. The lowest BCUT2D eigenvalue weighted by Gasteiger charge is -2.36. The third-order valence-electron chi connectivity index (χ3n) is 5.65. The van der Waals surface area contributed by atoms with Crippen LogP contribution in [0.5, 0.6) is 0 Å². The molecule has 0 saturated heterocycles. The summed E-state index contributed by atoms with van der Waals surface area (Å²) in [6.07, 6.45) is 8.02. The minimum atomic E-state index is 1.06. The Morgan fingerprint density at radius 2 is 1.54 bits per heavy atom. The van der Waals surface area contributed by atoms with Crippen LogP contribution in [0.15, 0.2) is 0 Å². The average molecular weight is 288 g/mol. The fourth-order valence-electron chi connectivity index (χ4n) is 5.48. The minimum Gasteiger partial charge on any atom is -0.0823 e. The van der Waals surface area contributed by atoms with Crippen LogP contribution in [-0.2, 0) is 0 Å². The number of hydrogen-bond acceptors (Lipinski definition) is 0. The van der Waals surface area contributed by atoms with E-state index in [1.807, 2.05) is 0 Å². The van der Waals surface area contributed by atoms with Gasteiger partial charge in [-0.05, 0) is 67.6 Å². The molecule has 0 nitrogen and oxygen atoms in total. The van der Waals surface area contributed by atoms with Gasteiger partial charge in [0.15, 0.2) is 0 Å². The highest BCUT2D eigenvalue weighted by Crippen LogP contribution is 2.68. The van der Waals surface area contributed by atoms with Crippen molar-refractivity contribution in [2.45, 2.75) is 36.0 Å². The van der Waals surface area contributed by atoms with E-state index in [4.69, 9.17) is 0 Å². The number of halogens is 1. The Bertz CT molecular complexity index is 250. The van der Waals surface area contributed by atoms with Crippen molar-refractivity contribution < 1.29 is 0 Å². The van der Waals surface area contributed by atoms with Gasteiger partial charge in [-0.25, -0.2) is 0 Å². The quantitative estimate of drug-likeness (QED) is 0.363. The van der Waals surface area contributed by atoms with Crippen molar-refractivity contribution in [1.29, 1.82) is 0 Å². The first kappa shape index (κ1) is 7.95. The average Bonchev–Trinajstić information content (AvgIpc) is 2.78. The molecular weight excluding hydrogens is 271 g/mol. The molecule has 0 aromatic heterocycles. The predicted molar refractivity (Wildman–Crippen MR) is 61.8 cm³/mol. The summed E-state index contributed by atoms with van der Waals surface area (Å²) in [6.45, 7) is 0. The van der Waals surface area contributed by atoms with Crippen LogP contribution in [0.3, 0.4) is 0 Å². The van der Waals surface area contributed by atoms with Crippen LogP contribution >= 0.6 is 22.6 Å². The van der Waals surface area contributed by atoms with Gasteiger partial charge < -0.3 is 0 Å². The van der Waals surface area contributed by atoms with Gasteiger partial charge in [0.1, 0.15) is 0 Å². The van der Waals surface area contributed by atoms with E-state index in [2.05, 4.69) is 22.6 Å². The van der Waals surface area contributed by atoms with E-state index in [9.17, 15) is 0 Å². The van der Waals surface area contributed by atoms with E-state index in [1.165, 1.54) is 29.6 Å². The van der Waals surface area contributed by atoms with Crippen LogP contribution in [0.4, 0.5) is 0 Å². The third kappa shape index (κ3) is 0.842. The number of alkyl halides is 1. The Morgan fingerprint density at radius 3 is 2.38 bits per heavy atom. The van der Waals surface area contributed by atoms with Crippen LogP contribution in [0.1, 0.15) is 32.1 Å². The fourth-order valence-corrected chi connectivity index (χ4v) is 6.91. The summed E-state index contributed by atoms with van der Waals surface area (Å²) in [4.78, 5) is 0. The molecule has 4 fully saturated rings. The molecule has 7 atom stereocenters. The lowest BCUT2D eigenvalue weighted by Crippen LogP contribution is -2.32. The molecule has 0 aliphatic heterocycles. The molecule has 1 heteroatoms. The van der Waals surface area contributed by atoms with Crippen LogP contribution in [0.25, 0.3) is 0 Å². The molecule has 13 heavy (non-hydrogen) atoms. The van der Waals surface area contributed by atoms with Gasteiger partial charge in [0, 0.05) is 3.92 Å². The molecular formula is C12H17I. The molecule has 0 radical (unpaired) electrons.